The number of aryl methyl sites for hydroxylation is 1. The minimum absolute atomic E-state index is 0.593. The molecule has 1 aromatic carbocycles. The van der Waals surface area contributed by atoms with Crippen LogP contribution in [0.15, 0.2) is 18.2 Å². The molecule has 0 radical (unpaired) electrons. The summed E-state index contributed by atoms with van der Waals surface area (Å²) in [4.78, 5) is 2.31. The summed E-state index contributed by atoms with van der Waals surface area (Å²) < 4.78 is 0. The Morgan fingerprint density at radius 2 is 1.83 bits per heavy atom. The van der Waals surface area contributed by atoms with Gasteiger partial charge in [-0.1, -0.05) is 32.0 Å². The van der Waals surface area contributed by atoms with Gasteiger partial charge in [0.05, 0.1) is 0 Å². The third-order valence-electron chi connectivity index (χ3n) is 3.82. The van der Waals surface area contributed by atoms with Gasteiger partial charge >= 0.3 is 0 Å². The minimum atomic E-state index is 0.593. The topological polar surface area (TPSA) is 15.3 Å². The van der Waals surface area contributed by atoms with Crippen LogP contribution in [-0.4, -0.2) is 31.6 Å². The maximum Gasteiger partial charge on any atom is 0.0237 e. The Labute approximate surface area is 112 Å². The minimum Gasteiger partial charge on any atom is -0.311 e. The first-order valence-corrected chi connectivity index (χ1v) is 6.85. The molecule has 18 heavy (non-hydrogen) atoms. The molecule has 0 heterocycles. The molecule has 0 fully saturated rings. The highest BCUT2D eigenvalue weighted by Gasteiger charge is 2.14. The summed E-state index contributed by atoms with van der Waals surface area (Å²) in [6.07, 6.45) is 0. The van der Waals surface area contributed by atoms with Gasteiger partial charge in [0.15, 0.2) is 0 Å². The Kier molecular flexibility index (Phi) is 5.83. The number of rotatable bonds is 6. The van der Waals surface area contributed by atoms with Crippen LogP contribution in [0.1, 0.15) is 30.5 Å². The summed E-state index contributed by atoms with van der Waals surface area (Å²) in [6.45, 7) is 10.9. The van der Waals surface area contributed by atoms with E-state index in [0.29, 0.717) is 12.0 Å². The lowest BCUT2D eigenvalue weighted by Crippen LogP contribution is -2.41. The lowest BCUT2D eigenvalue weighted by molar-refractivity contribution is 0.224. The van der Waals surface area contributed by atoms with E-state index in [-0.39, 0.29) is 0 Å². The van der Waals surface area contributed by atoms with E-state index < -0.39 is 0 Å². The zero-order chi connectivity index (χ0) is 13.7. The second kappa shape index (κ2) is 6.91. The van der Waals surface area contributed by atoms with Crippen LogP contribution < -0.4 is 5.32 Å². The van der Waals surface area contributed by atoms with Crippen molar-refractivity contribution in [2.45, 2.75) is 40.3 Å². The van der Waals surface area contributed by atoms with Gasteiger partial charge in [-0.3, -0.25) is 0 Å². The van der Waals surface area contributed by atoms with E-state index in [1.165, 1.54) is 16.7 Å². The first-order chi connectivity index (χ1) is 8.43. The Bertz CT molecular complexity index is 361. The monoisotopic (exact) mass is 248 g/mol. The maximum absolute atomic E-state index is 3.59. The highest BCUT2D eigenvalue weighted by molar-refractivity contribution is 5.32. The normalized spacial score (nSPS) is 13.3. The zero-order valence-electron chi connectivity index (χ0n) is 12.7. The lowest BCUT2D eigenvalue weighted by atomic mass is 10.0. The van der Waals surface area contributed by atoms with Gasteiger partial charge < -0.3 is 10.2 Å². The number of likely N-dealkylation sites (N-methyl/N-ethyl adjacent to an activating group) is 1. The largest absolute Gasteiger partial charge is 0.311 e. The molecule has 102 valence electrons. The highest BCUT2D eigenvalue weighted by atomic mass is 15.1. The van der Waals surface area contributed by atoms with Crippen molar-refractivity contribution in [1.82, 2.24) is 10.2 Å². The van der Waals surface area contributed by atoms with Crippen LogP contribution in [-0.2, 0) is 6.54 Å². The van der Waals surface area contributed by atoms with Crippen molar-refractivity contribution in [2.75, 3.05) is 20.6 Å². The van der Waals surface area contributed by atoms with Crippen LogP contribution in [0.3, 0.4) is 0 Å². The fourth-order valence-electron chi connectivity index (χ4n) is 2.37. The van der Waals surface area contributed by atoms with Crippen LogP contribution in [0.25, 0.3) is 0 Å². The summed E-state index contributed by atoms with van der Waals surface area (Å²) in [5.74, 6) is 0.672. The summed E-state index contributed by atoms with van der Waals surface area (Å²) in [6, 6.07) is 7.13. The summed E-state index contributed by atoms with van der Waals surface area (Å²) in [5.41, 5.74) is 4.20. The number of nitrogens with zero attached hydrogens (tertiary/aromatic N) is 1. The van der Waals surface area contributed by atoms with E-state index in [9.17, 15) is 0 Å². The lowest BCUT2D eigenvalue weighted by Gasteiger charge is -2.28. The molecule has 1 rings (SSSR count). The van der Waals surface area contributed by atoms with Gasteiger partial charge in [-0.05, 0) is 50.6 Å². The van der Waals surface area contributed by atoms with E-state index in [0.717, 1.165) is 13.1 Å². The van der Waals surface area contributed by atoms with E-state index in [1.807, 2.05) is 0 Å². The molecule has 0 aromatic heterocycles. The second-order valence-corrected chi connectivity index (χ2v) is 5.76. The predicted octanol–water partition coefficient (Wildman–Crippen LogP) is 2.98. The van der Waals surface area contributed by atoms with Gasteiger partial charge in [0.1, 0.15) is 0 Å². The number of hydrogen-bond donors (Lipinski definition) is 1. The number of hydrogen-bond acceptors (Lipinski definition) is 2. The quantitative estimate of drug-likeness (QED) is 0.832. The summed E-state index contributed by atoms with van der Waals surface area (Å²) in [7, 11) is 4.31. The van der Waals surface area contributed by atoms with Crippen molar-refractivity contribution >= 4 is 0 Å². The fraction of sp³-hybridized carbons (Fsp3) is 0.625. The molecule has 0 saturated heterocycles. The molecule has 2 nitrogen and oxygen atoms in total. The Morgan fingerprint density at radius 3 is 2.39 bits per heavy atom. The molecular weight excluding hydrogens is 220 g/mol. The van der Waals surface area contributed by atoms with Gasteiger partial charge in [0.25, 0.3) is 0 Å². The van der Waals surface area contributed by atoms with Crippen LogP contribution in [0, 0.1) is 19.8 Å². The summed E-state index contributed by atoms with van der Waals surface area (Å²) >= 11 is 0. The van der Waals surface area contributed by atoms with Crippen molar-refractivity contribution in [3.05, 3.63) is 34.9 Å². The Balaban J connectivity index is 2.53. The molecular formula is C16H28N2. The third-order valence-corrected chi connectivity index (χ3v) is 3.82. The average molecular weight is 248 g/mol. The molecule has 0 spiro atoms. The van der Waals surface area contributed by atoms with Crippen molar-refractivity contribution in [1.29, 1.82) is 0 Å². The zero-order valence-corrected chi connectivity index (χ0v) is 12.7. The van der Waals surface area contributed by atoms with Crippen LogP contribution in [0.2, 0.25) is 0 Å². The molecule has 2 heteroatoms. The molecule has 1 unspecified atom stereocenters. The number of nitrogens with one attached hydrogen (secondary N) is 1. The Morgan fingerprint density at radius 1 is 1.17 bits per heavy atom. The van der Waals surface area contributed by atoms with Crippen molar-refractivity contribution in [3.8, 4) is 0 Å². The van der Waals surface area contributed by atoms with Gasteiger partial charge in [-0.15, -0.1) is 0 Å². The smallest absolute Gasteiger partial charge is 0.0237 e. The first kappa shape index (κ1) is 15.2. The first-order valence-electron chi connectivity index (χ1n) is 6.85. The van der Waals surface area contributed by atoms with Gasteiger partial charge in [-0.25, -0.2) is 0 Å². The molecule has 0 aliphatic rings. The average Bonchev–Trinajstić information content (AvgIpc) is 2.28. The SMILES string of the molecule is Cc1cccc(CNCC(C(C)C)N(C)C)c1C. The van der Waals surface area contributed by atoms with Gasteiger partial charge in [0.2, 0.25) is 0 Å². The highest BCUT2D eigenvalue weighted by Crippen LogP contribution is 2.12. The van der Waals surface area contributed by atoms with Crippen LogP contribution >= 0.6 is 0 Å². The van der Waals surface area contributed by atoms with E-state index in [4.69, 9.17) is 0 Å². The Hall–Kier alpha value is -0.860. The second-order valence-electron chi connectivity index (χ2n) is 5.76. The molecule has 0 bridgehead atoms. The molecule has 1 aromatic rings. The van der Waals surface area contributed by atoms with E-state index >= 15 is 0 Å². The maximum atomic E-state index is 3.59. The fourth-order valence-corrected chi connectivity index (χ4v) is 2.37. The van der Waals surface area contributed by atoms with Crippen LogP contribution in [0.4, 0.5) is 0 Å². The van der Waals surface area contributed by atoms with Crippen LogP contribution in [0.5, 0.6) is 0 Å². The molecule has 0 amide bonds. The predicted molar refractivity (Wildman–Crippen MR) is 79.9 cm³/mol. The van der Waals surface area contributed by atoms with Crippen molar-refractivity contribution in [2.24, 2.45) is 5.92 Å². The number of benzene rings is 1. The third kappa shape index (κ3) is 4.11. The van der Waals surface area contributed by atoms with Gasteiger partial charge in [-0.2, -0.15) is 0 Å². The molecule has 1 N–H and O–H groups in total. The molecule has 0 saturated carbocycles. The standard InChI is InChI=1S/C16H28N2/c1-12(2)16(18(5)6)11-17-10-15-9-7-8-13(3)14(15)4/h7-9,12,16-17H,10-11H2,1-6H3. The van der Waals surface area contributed by atoms with Crippen molar-refractivity contribution < 1.29 is 0 Å². The van der Waals surface area contributed by atoms with Gasteiger partial charge in [0, 0.05) is 19.1 Å². The van der Waals surface area contributed by atoms with E-state index in [2.05, 4.69) is 70.2 Å². The molecule has 0 aliphatic heterocycles. The molecule has 0 aliphatic carbocycles. The molecule has 1 atom stereocenters. The summed E-state index contributed by atoms with van der Waals surface area (Å²) in [5, 5.41) is 3.59. The van der Waals surface area contributed by atoms with Crippen molar-refractivity contribution in [3.63, 3.8) is 0 Å². The van der Waals surface area contributed by atoms with E-state index in [1.54, 1.807) is 0 Å².